The third kappa shape index (κ3) is 2.46. The molecule has 1 heterocycles. The second kappa shape index (κ2) is 5.08. The molecule has 92 valence electrons. The van der Waals surface area contributed by atoms with Gasteiger partial charge in [-0.25, -0.2) is 4.39 Å². The summed E-state index contributed by atoms with van der Waals surface area (Å²) in [6.07, 6.45) is 0. The van der Waals surface area contributed by atoms with E-state index in [-0.39, 0.29) is 5.82 Å². The fraction of sp³-hybridized carbons (Fsp3) is 0.462. The molecule has 0 saturated carbocycles. The first kappa shape index (κ1) is 12.4. The maximum absolute atomic E-state index is 13.1. The van der Waals surface area contributed by atoms with E-state index in [1.807, 2.05) is 16.7 Å². The van der Waals surface area contributed by atoms with Gasteiger partial charge in [0.15, 0.2) is 0 Å². The summed E-state index contributed by atoms with van der Waals surface area (Å²) in [4.78, 5) is 2.05. The van der Waals surface area contributed by atoms with Gasteiger partial charge < -0.3 is 4.90 Å². The van der Waals surface area contributed by atoms with E-state index in [4.69, 9.17) is 5.41 Å². The molecule has 1 atom stereocenters. The summed E-state index contributed by atoms with van der Waals surface area (Å²) in [5.74, 6) is 2.30. The van der Waals surface area contributed by atoms with Crippen molar-refractivity contribution in [1.82, 2.24) is 4.90 Å². The first-order valence-corrected chi connectivity index (χ1v) is 7.00. The van der Waals surface area contributed by atoms with Crippen LogP contribution in [-0.2, 0) is 6.54 Å². The minimum absolute atomic E-state index is 0.258. The summed E-state index contributed by atoms with van der Waals surface area (Å²) in [5.41, 5.74) is 1.81. The Bertz CT molecular complexity index is 433. The molecular weight excluding hydrogens is 235 g/mol. The first-order valence-electron chi connectivity index (χ1n) is 5.85. The number of halogens is 1. The molecule has 17 heavy (non-hydrogen) atoms. The van der Waals surface area contributed by atoms with Crippen LogP contribution in [0.3, 0.4) is 0 Å². The molecule has 1 aliphatic heterocycles. The summed E-state index contributed by atoms with van der Waals surface area (Å²) in [6.45, 7) is 5.00. The van der Waals surface area contributed by atoms with E-state index in [2.05, 4.69) is 13.8 Å². The molecule has 1 aliphatic rings. The van der Waals surface area contributed by atoms with Gasteiger partial charge in [-0.3, -0.25) is 5.41 Å². The Hall–Kier alpha value is -1.03. The normalized spacial score (nSPS) is 16.2. The maximum Gasteiger partial charge on any atom is 0.129 e. The third-order valence-corrected chi connectivity index (χ3v) is 4.18. The molecule has 4 heteroatoms. The number of thioether (sulfide) groups is 1. The molecule has 2 nitrogen and oxygen atoms in total. The zero-order chi connectivity index (χ0) is 12.4. The number of benzene rings is 1. The van der Waals surface area contributed by atoms with Crippen molar-refractivity contribution in [2.75, 3.05) is 11.5 Å². The molecule has 2 rings (SSSR count). The van der Waals surface area contributed by atoms with Gasteiger partial charge in [-0.15, -0.1) is 0 Å². The molecule has 0 fully saturated rings. The minimum Gasteiger partial charge on any atom is -0.349 e. The van der Waals surface area contributed by atoms with Crippen molar-refractivity contribution in [3.63, 3.8) is 0 Å². The summed E-state index contributed by atoms with van der Waals surface area (Å²) < 4.78 is 13.1. The van der Waals surface area contributed by atoms with E-state index in [1.165, 1.54) is 12.1 Å². The second-order valence-corrected chi connectivity index (χ2v) is 5.61. The highest BCUT2D eigenvalue weighted by Crippen LogP contribution is 2.26. The predicted octanol–water partition coefficient (Wildman–Crippen LogP) is 3.11. The average molecular weight is 252 g/mol. The number of nitrogens with one attached hydrogen (secondary N) is 1. The fourth-order valence-corrected chi connectivity index (χ4v) is 2.84. The standard InChI is InChI=1S/C13H17FN2S/c1-3-17-8-9(2)16-7-10-4-5-11(14)6-12(10)13(16)15/h4-6,9,15H,3,7-8H2,1-2H3. The van der Waals surface area contributed by atoms with Crippen molar-refractivity contribution in [2.24, 2.45) is 0 Å². The summed E-state index contributed by atoms with van der Waals surface area (Å²) in [7, 11) is 0. The predicted molar refractivity (Wildman–Crippen MR) is 71.2 cm³/mol. The van der Waals surface area contributed by atoms with Gasteiger partial charge in [-0.1, -0.05) is 13.0 Å². The second-order valence-electron chi connectivity index (χ2n) is 4.29. The van der Waals surface area contributed by atoms with Crippen molar-refractivity contribution in [2.45, 2.75) is 26.4 Å². The Morgan fingerprint density at radius 1 is 1.53 bits per heavy atom. The van der Waals surface area contributed by atoms with Gasteiger partial charge in [0, 0.05) is 23.9 Å². The average Bonchev–Trinajstić information content (AvgIpc) is 2.64. The maximum atomic E-state index is 13.1. The van der Waals surface area contributed by atoms with Crippen molar-refractivity contribution in [1.29, 1.82) is 5.41 Å². The number of rotatable bonds is 4. The van der Waals surface area contributed by atoms with E-state index in [1.54, 1.807) is 6.07 Å². The zero-order valence-corrected chi connectivity index (χ0v) is 11.0. The molecule has 0 spiro atoms. The van der Waals surface area contributed by atoms with Crippen molar-refractivity contribution < 1.29 is 4.39 Å². The van der Waals surface area contributed by atoms with Gasteiger partial charge in [0.1, 0.15) is 11.7 Å². The van der Waals surface area contributed by atoms with E-state index in [9.17, 15) is 4.39 Å². The highest BCUT2D eigenvalue weighted by atomic mass is 32.2. The smallest absolute Gasteiger partial charge is 0.129 e. The molecule has 1 aromatic carbocycles. The summed E-state index contributed by atoms with van der Waals surface area (Å²) in [6, 6.07) is 5.06. The van der Waals surface area contributed by atoms with Crippen molar-refractivity contribution >= 4 is 17.6 Å². The monoisotopic (exact) mass is 252 g/mol. The molecule has 0 radical (unpaired) electrons. The quantitative estimate of drug-likeness (QED) is 0.891. The summed E-state index contributed by atoms with van der Waals surface area (Å²) in [5, 5.41) is 8.10. The lowest BCUT2D eigenvalue weighted by molar-refractivity contribution is 0.360. The molecular formula is C13H17FN2S. The van der Waals surface area contributed by atoms with Crippen LogP contribution in [0.2, 0.25) is 0 Å². The largest absolute Gasteiger partial charge is 0.349 e. The van der Waals surface area contributed by atoms with Gasteiger partial charge in [0.05, 0.1) is 0 Å². The lowest BCUT2D eigenvalue weighted by Crippen LogP contribution is -2.35. The Morgan fingerprint density at radius 3 is 3.00 bits per heavy atom. The summed E-state index contributed by atoms with van der Waals surface area (Å²) >= 11 is 1.87. The van der Waals surface area contributed by atoms with Gasteiger partial charge >= 0.3 is 0 Å². The van der Waals surface area contributed by atoms with Crippen LogP contribution in [0, 0.1) is 11.2 Å². The van der Waals surface area contributed by atoms with Crippen LogP contribution in [-0.4, -0.2) is 28.3 Å². The Balaban J connectivity index is 2.14. The highest BCUT2D eigenvalue weighted by Gasteiger charge is 2.27. The topological polar surface area (TPSA) is 27.1 Å². The molecule has 0 bridgehead atoms. The Morgan fingerprint density at radius 2 is 2.29 bits per heavy atom. The van der Waals surface area contributed by atoms with E-state index in [0.717, 1.165) is 29.2 Å². The third-order valence-electron chi connectivity index (χ3n) is 3.05. The lowest BCUT2D eigenvalue weighted by atomic mass is 10.1. The highest BCUT2D eigenvalue weighted by molar-refractivity contribution is 7.99. The van der Waals surface area contributed by atoms with E-state index >= 15 is 0 Å². The van der Waals surface area contributed by atoms with Crippen molar-refractivity contribution in [3.8, 4) is 0 Å². The molecule has 0 aromatic heterocycles. The van der Waals surface area contributed by atoms with Crippen LogP contribution >= 0.6 is 11.8 Å². The van der Waals surface area contributed by atoms with E-state index < -0.39 is 0 Å². The van der Waals surface area contributed by atoms with Gasteiger partial charge in [0.25, 0.3) is 0 Å². The van der Waals surface area contributed by atoms with E-state index in [0.29, 0.717) is 11.9 Å². The van der Waals surface area contributed by atoms with Crippen LogP contribution < -0.4 is 0 Å². The SMILES string of the molecule is CCSCC(C)N1Cc2ccc(F)cc2C1=N. The lowest BCUT2D eigenvalue weighted by Gasteiger charge is -2.25. The minimum atomic E-state index is -0.258. The molecule has 1 unspecified atom stereocenters. The van der Waals surface area contributed by atoms with Crippen LogP contribution in [0.5, 0.6) is 0 Å². The van der Waals surface area contributed by atoms with Gasteiger partial charge in [0.2, 0.25) is 0 Å². The molecule has 1 N–H and O–H groups in total. The number of hydrogen-bond donors (Lipinski definition) is 1. The number of fused-ring (bicyclic) bond motifs is 1. The van der Waals surface area contributed by atoms with Gasteiger partial charge in [-0.05, 0) is 30.4 Å². The van der Waals surface area contributed by atoms with Crippen molar-refractivity contribution in [3.05, 3.63) is 35.1 Å². The first-order chi connectivity index (χ1) is 8.13. The van der Waals surface area contributed by atoms with Crippen LogP contribution in [0.25, 0.3) is 0 Å². The molecule has 0 aliphatic carbocycles. The fourth-order valence-electron chi connectivity index (χ4n) is 2.08. The zero-order valence-electron chi connectivity index (χ0n) is 10.2. The number of hydrogen-bond acceptors (Lipinski definition) is 2. The van der Waals surface area contributed by atoms with Crippen LogP contribution in [0.4, 0.5) is 4.39 Å². The molecule has 0 saturated heterocycles. The van der Waals surface area contributed by atoms with Gasteiger partial charge in [-0.2, -0.15) is 11.8 Å². The molecule has 0 amide bonds. The number of nitrogens with zero attached hydrogens (tertiary/aromatic N) is 1. The molecule has 1 aromatic rings. The Labute approximate surface area is 106 Å². The van der Waals surface area contributed by atoms with Crippen LogP contribution in [0.15, 0.2) is 18.2 Å². The van der Waals surface area contributed by atoms with Crippen LogP contribution in [0.1, 0.15) is 25.0 Å². The Kier molecular flexibility index (Phi) is 3.72. The number of amidine groups is 1.